The number of amides is 2. The van der Waals surface area contributed by atoms with Gasteiger partial charge in [0.15, 0.2) is 0 Å². The minimum Gasteiger partial charge on any atom is -0.364 e. The zero-order chi connectivity index (χ0) is 22.7. The van der Waals surface area contributed by atoms with Gasteiger partial charge in [-0.15, -0.1) is 23.5 Å². The molecule has 2 aliphatic carbocycles. The second kappa shape index (κ2) is 8.25. The van der Waals surface area contributed by atoms with Gasteiger partial charge in [0.05, 0.1) is 4.08 Å². The normalized spacial score (nSPS) is 30.2. The summed E-state index contributed by atoms with van der Waals surface area (Å²) in [5.74, 6) is 3.35. The number of aromatic nitrogens is 1. The molecule has 11 heteroatoms. The van der Waals surface area contributed by atoms with Gasteiger partial charge in [0.2, 0.25) is 15.9 Å². The number of sulfonamides is 1. The summed E-state index contributed by atoms with van der Waals surface area (Å²) in [5, 5.41) is 0. The Labute approximate surface area is 197 Å². The average Bonchev–Trinajstić information content (AvgIpc) is 3.45. The Hall–Kier alpha value is -1.17. The van der Waals surface area contributed by atoms with Crippen LogP contribution in [0.3, 0.4) is 0 Å². The standard InChI is InChI=1S/C21H30N4O4S3/c1-23-13-17(12-18(23)19(22)26)32(28,29)25-6-4-24(5-7-25)20(27)14-10-15-2-3-16(11-14)21(15)30-8-9-31-21/h12-16H,2-11H2,1H3,(H2,22,26)/t14?,15-,16+. The van der Waals surface area contributed by atoms with Gasteiger partial charge in [-0.3, -0.25) is 9.59 Å². The quantitative estimate of drug-likeness (QED) is 0.676. The molecule has 2 amide bonds. The van der Waals surface area contributed by atoms with Crippen molar-refractivity contribution in [3.05, 3.63) is 18.0 Å². The molecule has 2 bridgehead atoms. The van der Waals surface area contributed by atoms with E-state index < -0.39 is 15.9 Å². The second-order valence-electron chi connectivity index (χ2n) is 9.32. The van der Waals surface area contributed by atoms with Gasteiger partial charge in [-0.05, 0) is 43.6 Å². The van der Waals surface area contributed by atoms with E-state index in [9.17, 15) is 18.0 Å². The summed E-state index contributed by atoms with van der Waals surface area (Å²) in [7, 11) is -2.14. The van der Waals surface area contributed by atoms with Crippen molar-refractivity contribution in [1.82, 2.24) is 13.8 Å². The van der Waals surface area contributed by atoms with Crippen LogP contribution in [0.4, 0.5) is 0 Å². The maximum absolute atomic E-state index is 13.3. The molecule has 1 unspecified atom stereocenters. The third-order valence-corrected chi connectivity index (χ3v) is 13.5. The Balaban J connectivity index is 1.22. The first-order valence-corrected chi connectivity index (χ1v) is 14.7. The maximum atomic E-state index is 13.3. The van der Waals surface area contributed by atoms with Crippen LogP contribution in [-0.2, 0) is 21.9 Å². The fourth-order valence-electron chi connectivity index (χ4n) is 6.08. The molecule has 5 rings (SSSR count). The highest BCUT2D eigenvalue weighted by Crippen LogP contribution is 2.66. The topological polar surface area (TPSA) is 106 Å². The van der Waals surface area contributed by atoms with Gasteiger partial charge in [-0.1, -0.05) is 0 Å². The fourth-order valence-corrected chi connectivity index (χ4v) is 11.5. The third kappa shape index (κ3) is 3.59. The van der Waals surface area contributed by atoms with Gasteiger partial charge < -0.3 is 15.2 Å². The molecule has 3 heterocycles. The van der Waals surface area contributed by atoms with Crippen molar-refractivity contribution >= 4 is 45.4 Å². The van der Waals surface area contributed by atoms with Gasteiger partial charge >= 0.3 is 0 Å². The van der Waals surface area contributed by atoms with E-state index in [-0.39, 0.29) is 35.5 Å². The van der Waals surface area contributed by atoms with E-state index in [1.54, 1.807) is 7.05 Å². The summed E-state index contributed by atoms with van der Waals surface area (Å²) >= 11 is 4.27. The van der Waals surface area contributed by atoms with Crippen LogP contribution in [0.2, 0.25) is 0 Å². The molecule has 2 saturated heterocycles. The molecule has 176 valence electrons. The number of aryl methyl sites for hydroxylation is 1. The Morgan fingerprint density at radius 3 is 2.19 bits per heavy atom. The van der Waals surface area contributed by atoms with Crippen molar-refractivity contribution in [3.63, 3.8) is 0 Å². The fraction of sp³-hybridized carbons (Fsp3) is 0.714. The minimum absolute atomic E-state index is 0.0642. The third-order valence-electron chi connectivity index (χ3n) is 7.65. The molecule has 2 aliphatic heterocycles. The highest BCUT2D eigenvalue weighted by molar-refractivity contribution is 8.21. The van der Waals surface area contributed by atoms with Gasteiger partial charge in [-0.2, -0.15) is 4.31 Å². The molecule has 3 atom stereocenters. The zero-order valence-electron chi connectivity index (χ0n) is 18.2. The first-order chi connectivity index (χ1) is 15.2. The van der Waals surface area contributed by atoms with E-state index in [1.165, 1.54) is 45.5 Å². The number of primary amides is 1. The predicted molar refractivity (Wildman–Crippen MR) is 126 cm³/mol. The van der Waals surface area contributed by atoms with E-state index in [0.29, 0.717) is 29.0 Å². The largest absolute Gasteiger partial charge is 0.364 e. The van der Waals surface area contributed by atoms with Crippen molar-refractivity contribution < 1.29 is 18.0 Å². The molecule has 4 fully saturated rings. The minimum atomic E-state index is -3.73. The summed E-state index contributed by atoms with van der Waals surface area (Å²) < 4.78 is 29.3. The highest BCUT2D eigenvalue weighted by Gasteiger charge is 2.57. The van der Waals surface area contributed by atoms with Crippen molar-refractivity contribution in [1.29, 1.82) is 0 Å². The van der Waals surface area contributed by atoms with Crippen LogP contribution in [0.1, 0.15) is 36.2 Å². The number of rotatable bonds is 4. The predicted octanol–water partition coefficient (Wildman–Crippen LogP) is 1.57. The number of nitrogens with zero attached hydrogens (tertiary/aromatic N) is 3. The molecule has 32 heavy (non-hydrogen) atoms. The van der Waals surface area contributed by atoms with Crippen molar-refractivity contribution in [2.24, 2.45) is 30.5 Å². The summed E-state index contributed by atoms with van der Waals surface area (Å²) in [6, 6.07) is 1.32. The first-order valence-electron chi connectivity index (χ1n) is 11.3. The van der Waals surface area contributed by atoms with Crippen LogP contribution in [0.15, 0.2) is 17.2 Å². The van der Waals surface area contributed by atoms with E-state index in [2.05, 4.69) is 23.5 Å². The summed E-state index contributed by atoms with van der Waals surface area (Å²) in [6.45, 7) is 1.36. The monoisotopic (exact) mass is 498 g/mol. The zero-order valence-corrected chi connectivity index (χ0v) is 20.7. The Morgan fingerprint density at radius 2 is 1.66 bits per heavy atom. The lowest BCUT2D eigenvalue weighted by molar-refractivity contribution is -0.138. The molecular formula is C21H30N4O4S3. The van der Waals surface area contributed by atoms with Crippen molar-refractivity contribution in [2.45, 2.75) is 34.7 Å². The average molecular weight is 499 g/mol. The smallest absolute Gasteiger partial charge is 0.265 e. The van der Waals surface area contributed by atoms with Crippen molar-refractivity contribution in [2.75, 3.05) is 37.7 Å². The summed E-state index contributed by atoms with van der Waals surface area (Å²) in [4.78, 5) is 26.7. The molecule has 4 aliphatic rings. The van der Waals surface area contributed by atoms with Crippen LogP contribution < -0.4 is 5.73 Å². The SMILES string of the molecule is Cn1cc(S(=O)(=O)N2CCN(C(=O)C3C[C@H]4CC[C@@H](C3)C43SCCS3)CC2)cc1C(N)=O. The molecule has 8 nitrogen and oxygen atoms in total. The van der Waals surface area contributed by atoms with E-state index in [4.69, 9.17) is 5.73 Å². The molecule has 1 aromatic heterocycles. The maximum Gasteiger partial charge on any atom is 0.265 e. The lowest BCUT2D eigenvalue weighted by atomic mass is 9.79. The molecule has 2 saturated carbocycles. The van der Waals surface area contributed by atoms with Crippen LogP contribution in [0, 0.1) is 17.8 Å². The Kier molecular flexibility index (Phi) is 5.83. The van der Waals surface area contributed by atoms with Crippen molar-refractivity contribution in [3.8, 4) is 0 Å². The van der Waals surface area contributed by atoms with Crippen LogP contribution in [-0.4, -0.2) is 75.8 Å². The van der Waals surface area contributed by atoms with Crippen LogP contribution in [0.5, 0.6) is 0 Å². The highest BCUT2D eigenvalue weighted by atomic mass is 32.2. The molecule has 0 aromatic carbocycles. The lowest BCUT2D eigenvalue weighted by Gasteiger charge is -2.44. The molecule has 1 spiro atoms. The Morgan fingerprint density at radius 1 is 1.06 bits per heavy atom. The Bertz CT molecular complexity index is 1010. The molecule has 0 radical (unpaired) electrons. The van der Waals surface area contributed by atoms with Gasteiger partial charge in [0.1, 0.15) is 10.6 Å². The van der Waals surface area contributed by atoms with Crippen LogP contribution >= 0.6 is 23.5 Å². The van der Waals surface area contributed by atoms with Gasteiger partial charge in [0, 0.05) is 56.8 Å². The summed E-state index contributed by atoms with van der Waals surface area (Å²) in [5.41, 5.74) is 5.47. The van der Waals surface area contributed by atoms with E-state index in [0.717, 1.165) is 12.8 Å². The van der Waals surface area contributed by atoms with E-state index >= 15 is 0 Å². The van der Waals surface area contributed by atoms with Gasteiger partial charge in [0.25, 0.3) is 5.91 Å². The molecular weight excluding hydrogens is 468 g/mol. The molecule has 1 aromatic rings. The van der Waals surface area contributed by atoms with E-state index in [1.807, 2.05) is 4.90 Å². The number of nitrogens with two attached hydrogens (primary N) is 1. The number of hydrogen-bond acceptors (Lipinski definition) is 6. The molecule has 2 N–H and O–H groups in total. The number of piperazine rings is 1. The number of thioether (sulfide) groups is 2. The first kappa shape index (κ1) is 22.6. The van der Waals surface area contributed by atoms with Crippen LogP contribution in [0.25, 0.3) is 0 Å². The number of carbonyl (C=O) groups excluding carboxylic acids is 2. The number of hydrogen-bond donors (Lipinski definition) is 1. The lowest BCUT2D eigenvalue weighted by Crippen LogP contribution is -2.53. The summed E-state index contributed by atoms with van der Waals surface area (Å²) in [6.07, 6.45) is 5.86. The number of carbonyl (C=O) groups is 2. The second-order valence-corrected chi connectivity index (χ2v) is 14.3. The van der Waals surface area contributed by atoms with Gasteiger partial charge in [-0.25, -0.2) is 8.42 Å².